The fourth-order valence-electron chi connectivity index (χ4n) is 3.68. The molecule has 1 fully saturated rings. The van der Waals surface area contributed by atoms with Crippen LogP contribution in [0.15, 0.2) is 30.3 Å². The number of likely N-dealkylation sites (tertiary alicyclic amines) is 1. The van der Waals surface area contributed by atoms with Crippen molar-refractivity contribution >= 4 is 32.6 Å². The number of aromatic nitrogens is 1. The molecule has 0 saturated carbocycles. The Morgan fingerprint density at radius 2 is 1.91 bits per heavy atom. The van der Waals surface area contributed by atoms with Crippen LogP contribution >= 0.6 is 11.3 Å². The molecule has 2 aromatic carbocycles. The van der Waals surface area contributed by atoms with Gasteiger partial charge in [0.15, 0.2) is 5.13 Å². The smallest absolute Gasteiger partial charge is 0.419 e. The lowest BCUT2D eigenvalue weighted by Crippen LogP contribution is -2.32. The molecule has 1 saturated heterocycles. The minimum Gasteiger partial charge on any atom is -0.496 e. The molecular weight excluding hydrogens is 450 g/mol. The van der Waals surface area contributed by atoms with Crippen LogP contribution in [0, 0.1) is 5.82 Å². The highest BCUT2D eigenvalue weighted by Gasteiger charge is 2.35. The lowest BCUT2D eigenvalue weighted by Gasteiger charge is -2.20. The molecule has 0 bridgehead atoms. The molecule has 0 spiro atoms. The predicted molar refractivity (Wildman–Crippen MR) is 112 cm³/mol. The second-order valence-corrected chi connectivity index (χ2v) is 8.27. The third-order valence-electron chi connectivity index (χ3n) is 5.23. The summed E-state index contributed by atoms with van der Waals surface area (Å²) in [6.45, 7) is 0.827. The molecular formula is C21H19F4N3O3S. The first kappa shape index (κ1) is 22.1. The van der Waals surface area contributed by atoms with E-state index in [1.165, 1.54) is 14.2 Å². The molecule has 1 atom stereocenters. The van der Waals surface area contributed by atoms with Gasteiger partial charge in [0.1, 0.15) is 22.9 Å². The molecule has 1 N–H and O–H groups in total. The van der Waals surface area contributed by atoms with E-state index < -0.39 is 17.6 Å². The van der Waals surface area contributed by atoms with Crippen LogP contribution in [0.5, 0.6) is 11.5 Å². The number of nitrogens with one attached hydrogen (secondary N) is 1. The highest BCUT2D eigenvalue weighted by molar-refractivity contribution is 7.22. The number of nitrogens with zero attached hydrogens (tertiary/aromatic N) is 2. The van der Waals surface area contributed by atoms with Crippen LogP contribution in [0.25, 0.3) is 10.2 Å². The summed E-state index contributed by atoms with van der Waals surface area (Å²) in [6, 6.07) is 6.48. The van der Waals surface area contributed by atoms with E-state index in [2.05, 4.69) is 10.3 Å². The number of anilines is 1. The summed E-state index contributed by atoms with van der Waals surface area (Å²) in [4.78, 5) is 18.9. The largest absolute Gasteiger partial charge is 0.496 e. The lowest BCUT2D eigenvalue weighted by atomic mass is 10.1. The Kier molecular flexibility index (Phi) is 5.85. The Morgan fingerprint density at radius 3 is 2.53 bits per heavy atom. The topological polar surface area (TPSA) is 63.7 Å². The van der Waals surface area contributed by atoms with Gasteiger partial charge in [-0.2, -0.15) is 13.2 Å². The first-order valence-corrected chi connectivity index (χ1v) is 10.5. The number of alkyl halides is 3. The van der Waals surface area contributed by atoms with E-state index in [4.69, 9.17) is 9.47 Å². The number of ether oxygens (including phenoxy) is 2. The molecule has 1 aliphatic heterocycles. The monoisotopic (exact) mass is 469 g/mol. The van der Waals surface area contributed by atoms with Crippen molar-refractivity contribution in [2.24, 2.45) is 0 Å². The van der Waals surface area contributed by atoms with Gasteiger partial charge in [-0.3, -0.25) is 4.79 Å². The van der Waals surface area contributed by atoms with Gasteiger partial charge in [-0.1, -0.05) is 17.4 Å². The number of rotatable bonds is 5. The zero-order chi connectivity index (χ0) is 23.0. The standard InChI is InChI=1S/C21H19F4N3O3S/c1-30-15-4-3-5-16(31-2)18(15)19(29)28-7-6-11(10-28)26-20-27-14-9-13(22)12(21(23,24)25)8-17(14)32-20/h3-5,8-9,11H,6-7,10H2,1-2H3,(H,26,27). The Bertz CT molecular complexity index is 1140. The van der Waals surface area contributed by atoms with E-state index in [-0.39, 0.29) is 22.2 Å². The predicted octanol–water partition coefficient (Wildman–Crippen LogP) is 4.80. The molecule has 1 aromatic heterocycles. The van der Waals surface area contributed by atoms with Crippen LogP contribution in [0.2, 0.25) is 0 Å². The number of benzene rings is 2. The molecule has 1 amide bonds. The molecule has 11 heteroatoms. The van der Waals surface area contributed by atoms with Gasteiger partial charge in [0.05, 0.1) is 30.0 Å². The van der Waals surface area contributed by atoms with Gasteiger partial charge < -0.3 is 19.7 Å². The summed E-state index contributed by atoms with van der Waals surface area (Å²) in [5.41, 5.74) is -0.843. The minimum atomic E-state index is -4.78. The summed E-state index contributed by atoms with van der Waals surface area (Å²) in [6.07, 6.45) is -4.16. The summed E-state index contributed by atoms with van der Waals surface area (Å²) in [5, 5.41) is 3.52. The first-order chi connectivity index (χ1) is 15.2. The number of thiazole rings is 1. The van der Waals surface area contributed by atoms with Crippen LogP contribution < -0.4 is 14.8 Å². The van der Waals surface area contributed by atoms with Crippen molar-refractivity contribution in [3.63, 3.8) is 0 Å². The molecule has 170 valence electrons. The quantitative estimate of drug-likeness (QED) is 0.544. The number of methoxy groups -OCH3 is 2. The Balaban J connectivity index is 1.50. The fraction of sp³-hybridized carbons (Fsp3) is 0.333. The number of hydrogen-bond donors (Lipinski definition) is 1. The highest BCUT2D eigenvalue weighted by atomic mass is 32.1. The van der Waals surface area contributed by atoms with E-state index in [1.807, 2.05) is 0 Å². The van der Waals surface area contributed by atoms with Crippen molar-refractivity contribution in [1.82, 2.24) is 9.88 Å². The van der Waals surface area contributed by atoms with Crippen molar-refractivity contribution < 1.29 is 31.8 Å². The second-order valence-electron chi connectivity index (χ2n) is 7.24. The fourth-order valence-corrected chi connectivity index (χ4v) is 4.65. The zero-order valence-electron chi connectivity index (χ0n) is 17.1. The second kappa shape index (κ2) is 8.45. The van der Waals surface area contributed by atoms with E-state index in [1.54, 1.807) is 23.1 Å². The number of hydrogen-bond acceptors (Lipinski definition) is 6. The van der Waals surface area contributed by atoms with Crippen molar-refractivity contribution in [2.45, 2.75) is 18.6 Å². The molecule has 3 aromatic rings. The minimum absolute atomic E-state index is 0.146. The highest BCUT2D eigenvalue weighted by Crippen LogP contribution is 2.37. The van der Waals surface area contributed by atoms with Gasteiger partial charge in [-0.05, 0) is 24.6 Å². The van der Waals surface area contributed by atoms with Crippen molar-refractivity contribution in [1.29, 1.82) is 0 Å². The number of halogens is 4. The van der Waals surface area contributed by atoms with Crippen LogP contribution in [0.4, 0.5) is 22.7 Å². The number of carbonyl (C=O) groups excluding carboxylic acids is 1. The lowest BCUT2D eigenvalue weighted by molar-refractivity contribution is -0.139. The van der Waals surface area contributed by atoms with Crippen LogP contribution in [0.1, 0.15) is 22.3 Å². The summed E-state index contributed by atoms with van der Waals surface area (Å²) >= 11 is 1.01. The summed E-state index contributed by atoms with van der Waals surface area (Å²) in [5.74, 6) is -0.797. The maximum atomic E-state index is 13.8. The third kappa shape index (κ3) is 4.16. The van der Waals surface area contributed by atoms with Crippen LogP contribution in [0.3, 0.4) is 0 Å². The normalized spacial score (nSPS) is 16.4. The average Bonchev–Trinajstić information content (AvgIpc) is 3.37. The van der Waals surface area contributed by atoms with Crippen molar-refractivity contribution in [3.05, 3.63) is 47.3 Å². The third-order valence-corrected chi connectivity index (χ3v) is 6.18. The van der Waals surface area contributed by atoms with Crippen molar-refractivity contribution in [2.75, 3.05) is 32.6 Å². The SMILES string of the molecule is COc1cccc(OC)c1C(=O)N1CCC(Nc2nc3cc(F)c(C(F)(F)F)cc3s2)C1. The first-order valence-electron chi connectivity index (χ1n) is 9.65. The Labute approximate surface area is 184 Å². The number of fused-ring (bicyclic) bond motifs is 1. The van der Waals surface area contributed by atoms with E-state index >= 15 is 0 Å². The maximum Gasteiger partial charge on any atom is 0.419 e. The molecule has 1 unspecified atom stereocenters. The summed E-state index contributed by atoms with van der Waals surface area (Å²) < 4.78 is 63.5. The average molecular weight is 469 g/mol. The van der Waals surface area contributed by atoms with Crippen LogP contribution in [-0.2, 0) is 6.18 Å². The zero-order valence-corrected chi connectivity index (χ0v) is 17.9. The molecule has 6 nitrogen and oxygen atoms in total. The van der Waals surface area contributed by atoms with E-state index in [9.17, 15) is 22.4 Å². The molecule has 0 aliphatic carbocycles. The molecule has 1 aliphatic rings. The molecule has 0 radical (unpaired) electrons. The van der Waals surface area contributed by atoms with Gasteiger partial charge in [0.25, 0.3) is 5.91 Å². The van der Waals surface area contributed by atoms with Gasteiger partial charge >= 0.3 is 6.18 Å². The maximum absolute atomic E-state index is 13.8. The van der Waals surface area contributed by atoms with Gasteiger partial charge in [-0.15, -0.1) is 0 Å². The van der Waals surface area contributed by atoms with Crippen LogP contribution in [-0.4, -0.2) is 49.1 Å². The van der Waals surface area contributed by atoms with Gasteiger partial charge in [0, 0.05) is 25.2 Å². The molecule has 32 heavy (non-hydrogen) atoms. The number of amides is 1. The van der Waals surface area contributed by atoms with Crippen molar-refractivity contribution in [3.8, 4) is 11.5 Å². The molecule has 4 rings (SSSR count). The Morgan fingerprint density at radius 1 is 1.22 bits per heavy atom. The van der Waals surface area contributed by atoms with E-state index in [0.29, 0.717) is 41.7 Å². The van der Waals surface area contributed by atoms with E-state index in [0.717, 1.165) is 23.5 Å². The summed E-state index contributed by atoms with van der Waals surface area (Å²) in [7, 11) is 2.94. The molecule has 2 heterocycles. The number of carbonyl (C=O) groups is 1. The Hall–Kier alpha value is -3.08. The van der Waals surface area contributed by atoms with Gasteiger partial charge in [-0.25, -0.2) is 9.37 Å². The van der Waals surface area contributed by atoms with Gasteiger partial charge in [0.2, 0.25) is 0 Å².